The van der Waals surface area contributed by atoms with Crippen molar-refractivity contribution in [3.05, 3.63) is 5.69 Å². The fourth-order valence-electron chi connectivity index (χ4n) is 1.77. The average Bonchev–Trinajstić information content (AvgIpc) is 2.63. The molecule has 0 spiro atoms. The third-order valence-electron chi connectivity index (χ3n) is 2.60. The lowest BCUT2D eigenvalue weighted by atomic mass is 10.1. The van der Waals surface area contributed by atoms with Crippen LogP contribution in [0.25, 0.3) is 0 Å². The quantitative estimate of drug-likeness (QED) is 0.712. The van der Waals surface area contributed by atoms with Crippen LogP contribution in [0.1, 0.15) is 18.5 Å². The lowest BCUT2D eigenvalue weighted by molar-refractivity contribution is -0.123. The summed E-state index contributed by atoms with van der Waals surface area (Å²) in [4.78, 5) is 15.6. The maximum Gasteiger partial charge on any atom is 0.249 e. The first kappa shape index (κ1) is 13.2. The van der Waals surface area contributed by atoms with Crippen LogP contribution in [-0.4, -0.2) is 31.9 Å². The molecule has 0 aromatic carbocycles. The first-order valence-corrected chi connectivity index (χ1v) is 7.78. The van der Waals surface area contributed by atoms with Gasteiger partial charge in [-0.3, -0.25) is 4.79 Å². The monoisotopic (exact) mass is 290 g/mol. The summed E-state index contributed by atoms with van der Waals surface area (Å²) >= 11 is 0.947. The summed E-state index contributed by atoms with van der Waals surface area (Å²) in [5.41, 5.74) is 0.348. The van der Waals surface area contributed by atoms with Crippen molar-refractivity contribution in [3.63, 3.8) is 0 Å². The topological polar surface area (TPSA) is 114 Å². The molecule has 1 aromatic rings. The third-order valence-corrected chi connectivity index (χ3v) is 5.24. The fourth-order valence-corrected chi connectivity index (χ4v) is 3.68. The van der Waals surface area contributed by atoms with E-state index in [9.17, 15) is 13.2 Å². The number of amides is 1. The number of anilines is 1. The number of hydrogen-bond acceptors (Lipinski definition) is 6. The van der Waals surface area contributed by atoms with Crippen molar-refractivity contribution in [1.82, 2.24) is 10.3 Å². The number of aryl methyl sites for hydroxylation is 1. The van der Waals surface area contributed by atoms with E-state index < -0.39 is 10.0 Å². The number of nitrogens with zero attached hydrogens (tertiary/aromatic N) is 1. The van der Waals surface area contributed by atoms with Gasteiger partial charge in [-0.1, -0.05) is 11.3 Å². The zero-order valence-corrected chi connectivity index (χ0v) is 11.4. The maximum absolute atomic E-state index is 11.5. The van der Waals surface area contributed by atoms with E-state index in [0.717, 1.165) is 17.8 Å². The van der Waals surface area contributed by atoms with Gasteiger partial charge < -0.3 is 10.6 Å². The fraction of sp³-hybridized carbons (Fsp3) is 0.556. The summed E-state index contributed by atoms with van der Waals surface area (Å²) in [5, 5.41) is 11.1. The standard InChI is InChI=1S/C9H14N4O3S2/c1-5-8(18(10,15)16)17-9(12-5)13-6-3-2-4-11-7(6)14/h6H,2-4H2,1H3,(H,11,14)(H,12,13)(H2,10,15,16). The van der Waals surface area contributed by atoms with Crippen molar-refractivity contribution >= 4 is 32.4 Å². The van der Waals surface area contributed by atoms with E-state index in [1.165, 1.54) is 0 Å². The Labute approximate surface area is 109 Å². The van der Waals surface area contributed by atoms with Gasteiger partial charge in [-0.05, 0) is 19.8 Å². The highest BCUT2D eigenvalue weighted by Gasteiger charge is 2.24. The van der Waals surface area contributed by atoms with Crippen molar-refractivity contribution in [2.75, 3.05) is 11.9 Å². The molecule has 4 N–H and O–H groups in total. The number of primary sulfonamides is 1. The maximum atomic E-state index is 11.5. The highest BCUT2D eigenvalue weighted by Crippen LogP contribution is 2.27. The number of aromatic nitrogens is 1. The Hall–Kier alpha value is -1.19. The third kappa shape index (κ3) is 2.79. The number of nitrogens with two attached hydrogens (primary N) is 1. The number of carbonyl (C=O) groups is 1. The molecule has 1 amide bonds. The predicted octanol–water partition coefficient (Wildman–Crippen LogP) is -0.211. The summed E-state index contributed by atoms with van der Waals surface area (Å²) in [6.07, 6.45) is 1.59. The molecule has 2 heterocycles. The van der Waals surface area contributed by atoms with Crippen molar-refractivity contribution in [1.29, 1.82) is 0 Å². The molecule has 100 valence electrons. The minimum atomic E-state index is -3.75. The second kappa shape index (κ2) is 4.82. The van der Waals surface area contributed by atoms with Crippen LogP contribution < -0.4 is 15.8 Å². The molecule has 9 heteroatoms. The molecule has 1 aromatic heterocycles. The molecule has 1 saturated heterocycles. The highest BCUT2D eigenvalue weighted by molar-refractivity contribution is 7.91. The van der Waals surface area contributed by atoms with Crippen LogP contribution in [0.5, 0.6) is 0 Å². The molecule has 0 bridgehead atoms. The molecule has 7 nitrogen and oxygen atoms in total. The summed E-state index contributed by atoms with van der Waals surface area (Å²) in [6.45, 7) is 2.25. The first-order valence-electron chi connectivity index (χ1n) is 5.42. The van der Waals surface area contributed by atoms with E-state index in [1.54, 1.807) is 6.92 Å². The van der Waals surface area contributed by atoms with E-state index in [2.05, 4.69) is 15.6 Å². The van der Waals surface area contributed by atoms with Crippen molar-refractivity contribution < 1.29 is 13.2 Å². The van der Waals surface area contributed by atoms with Crippen molar-refractivity contribution in [3.8, 4) is 0 Å². The van der Waals surface area contributed by atoms with E-state index in [4.69, 9.17) is 5.14 Å². The van der Waals surface area contributed by atoms with Gasteiger partial charge in [0.2, 0.25) is 15.9 Å². The van der Waals surface area contributed by atoms with Gasteiger partial charge in [0.15, 0.2) is 9.34 Å². The number of thiazole rings is 1. The van der Waals surface area contributed by atoms with Gasteiger partial charge in [-0.25, -0.2) is 18.5 Å². The van der Waals surface area contributed by atoms with Gasteiger partial charge in [-0.15, -0.1) is 0 Å². The largest absolute Gasteiger partial charge is 0.354 e. The van der Waals surface area contributed by atoms with Gasteiger partial charge in [0.1, 0.15) is 6.04 Å². The second-order valence-electron chi connectivity index (χ2n) is 4.07. The molecule has 1 atom stereocenters. The SMILES string of the molecule is Cc1nc(NC2CCCNC2=O)sc1S(N)(=O)=O. The number of carbonyl (C=O) groups excluding carboxylic acids is 1. The minimum absolute atomic E-state index is 0.0289. The molecule has 1 aliphatic heterocycles. The van der Waals surface area contributed by atoms with Gasteiger partial charge in [0.05, 0.1) is 5.69 Å². The Bertz CT molecular complexity index is 566. The van der Waals surface area contributed by atoms with Crippen LogP contribution in [-0.2, 0) is 14.8 Å². The molecule has 2 rings (SSSR count). The van der Waals surface area contributed by atoms with Crippen LogP contribution in [0.3, 0.4) is 0 Å². The van der Waals surface area contributed by atoms with Gasteiger partial charge in [0, 0.05) is 6.54 Å². The van der Waals surface area contributed by atoms with Gasteiger partial charge in [0.25, 0.3) is 0 Å². The van der Waals surface area contributed by atoms with E-state index >= 15 is 0 Å². The predicted molar refractivity (Wildman–Crippen MR) is 67.9 cm³/mol. The van der Waals surface area contributed by atoms with Crippen LogP contribution >= 0.6 is 11.3 Å². The zero-order chi connectivity index (χ0) is 13.3. The Morgan fingerprint density at radius 2 is 2.28 bits per heavy atom. The molecular weight excluding hydrogens is 276 g/mol. The summed E-state index contributed by atoms with van der Waals surface area (Å²) < 4.78 is 22.6. The number of nitrogens with one attached hydrogen (secondary N) is 2. The highest BCUT2D eigenvalue weighted by atomic mass is 32.2. The Morgan fingerprint density at radius 1 is 1.56 bits per heavy atom. The number of piperidine rings is 1. The summed E-state index contributed by atoms with van der Waals surface area (Å²) in [5.74, 6) is -0.0914. The molecule has 1 aliphatic rings. The van der Waals surface area contributed by atoms with Crippen LogP contribution in [0.4, 0.5) is 5.13 Å². The van der Waals surface area contributed by atoms with E-state index in [1.807, 2.05) is 0 Å². The lowest BCUT2D eigenvalue weighted by Gasteiger charge is -2.22. The molecule has 1 fully saturated rings. The lowest BCUT2D eigenvalue weighted by Crippen LogP contribution is -2.44. The minimum Gasteiger partial charge on any atom is -0.354 e. The molecule has 1 unspecified atom stereocenters. The van der Waals surface area contributed by atoms with Crippen molar-refractivity contribution in [2.45, 2.75) is 30.0 Å². The Morgan fingerprint density at radius 3 is 2.83 bits per heavy atom. The summed E-state index contributed by atoms with van der Waals surface area (Å²) in [7, 11) is -3.75. The Balaban J connectivity index is 2.18. The van der Waals surface area contributed by atoms with Crippen molar-refractivity contribution in [2.24, 2.45) is 5.14 Å². The second-order valence-corrected chi connectivity index (χ2v) is 6.82. The van der Waals surface area contributed by atoms with Gasteiger partial charge in [-0.2, -0.15) is 0 Å². The van der Waals surface area contributed by atoms with E-state index in [0.29, 0.717) is 23.8 Å². The van der Waals surface area contributed by atoms with Crippen LogP contribution in [0.15, 0.2) is 4.21 Å². The first-order chi connectivity index (χ1) is 8.38. The number of hydrogen-bond donors (Lipinski definition) is 3. The Kier molecular flexibility index (Phi) is 3.55. The molecular formula is C9H14N4O3S2. The van der Waals surface area contributed by atoms with Gasteiger partial charge >= 0.3 is 0 Å². The number of rotatable bonds is 3. The van der Waals surface area contributed by atoms with Crippen LogP contribution in [0.2, 0.25) is 0 Å². The molecule has 0 radical (unpaired) electrons. The summed E-state index contributed by atoms with van der Waals surface area (Å²) in [6, 6.07) is -0.363. The normalized spacial score (nSPS) is 20.6. The molecule has 0 aliphatic carbocycles. The average molecular weight is 290 g/mol. The molecule has 0 saturated carbocycles. The van der Waals surface area contributed by atoms with Crippen LogP contribution in [0, 0.1) is 6.92 Å². The number of sulfonamides is 1. The smallest absolute Gasteiger partial charge is 0.249 e. The molecule has 18 heavy (non-hydrogen) atoms. The van der Waals surface area contributed by atoms with E-state index in [-0.39, 0.29) is 16.2 Å². The zero-order valence-electron chi connectivity index (χ0n) is 9.76.